The summed E-state index contributed by atoms with van der Waals surface area (Å²) in [5.41, 5.74) is 0.939. The van der Waals surface area contributed by atoms with Gasteiger partial charge in [-0.15, -0.1) is 11.3 Å². The van der Waals surface area contributed by atoms with Crippen LogP contribution >= 0.6 is 22.9 Å². The third kappa shape index (κ3) is 2.09. The summed E-state index contributed by atoms with van der Waals surface area (Å²) >= 11 is 7.32. The van der Waals surface area contributed by atoms with Gasteiger partial charge in [-0.2, -0.15) is 0 Å². The monoisotopic (exact) mass is 262 g/mol. The van der Waals surface area contributed by atoms with Crippen molar-refractivity contribution in [1.82, 2.24) is 9.97 Å². The summed E-state index contributed by atoms with van der Waals surface area (Å²) in [7, 11) is 0. The Morgan fingerprint density at radius 3 is 2.88 bits per heavy atom. The van der Waals surface area contributed by atoms with Crippen molar-refractivity contribution < 1.29 is 4.74 Å². The van der Waals surface area contributed by atoms with Gasteiger partial charge < -0.3 is 4.74 Å². The molecule has 3 heterocycles. The van der Waals surface area contributed by atoms with Crippen LogP contribution in [0.3, 0.4) is 0 Å². The zero-order chi connectivity index (χ0) is 11.7. The minimum atomic E-state index is 0.452. The minimum Gasteiger partial charge on any atom is -0.454 e. The SMILES string of the molecule is Clc1ccc(Oc2ccnc3ccsc23)cn1. The number of halogens is 1. The van der Waals surface area contributed by atoms with Crippen molar-refractivity contribution >= 4 is 33.2 Å². The Hall–Kier alpha value is -1.65. The first kappa shape index (κ1) is 10.5. The third-order valence-electron chi connectivity index (χ3n) is 2.24. The second-order valence-electron chi connectivity index (χ2n) is 3.36. The number of hydrogen-bond acceptors (Lipinski definition) is 4. The third-order valence-corrected chi connectivity index (χ3v) is 3.38. The normalized spacial score (nSPS) is 10.6. The maximum atomic E-state index is 5.75. The summed E-state index contributed by atoms with van der Waals surface area (Å²) in [6, 6.07) is 7.29. The van der Waals surface area contributed by atoms with Crippen LogP contribution in [0.2, 0.25) is 5.15 Å². The van der Waals surface area contributed by atoms with Gasteiger partial charge in [-0.05, 0) is 23.6 Å². The Balaban J connectivity index is 1.99. The zero-order valence-corrected chi connectivity index (χ0v) is 10.2. The summed E-state index contributed by atoms with van der Waals surface area (Å²) in [5, 5.41) is 2.44. The van der Waals surface area contributed by atoms with E-state index in [0.29, 0.717) is 10.9 Å². The van der Waals surface area contributed by atoms with Crippen molar-refractivity contribution in [2.45, 2.75) is 0 Å². The number of fused-ring (bicyclic) bond motifs is 1. The fraction of sp³-hybridized carbons (Fsp3) is 0. The van der Waals surface area contributed by atoms with E-state index in [-0.39, 0.29) is 0 Å². The quantitative estimate of drug-likeness (QED) is 0.651. The van der Waals surface area contributed by atoms with E-state index >= 15 is 0 Å². The Morgan fingerprint density at radius 1 is 1.12 bits per heavy atom. The minimum absolute atomic E-state index is 0.452. The van der Waals surface area contributed by atoms with E-state index in [1.54, 1.807) is 35.9 Å². The molecule has 0 aliphatic rings. The van der Waals surface area contributed by atoms with E-state index in [1.165, 1.54) is 0 Å². The molecule has 17 heavy (non-hydrogen) atoms. The Labute approximate surface area is 107 Å². The smallest absolute Gasteiger partial charge is 0.148 e. The lowest BCUT2D eigenvalue weighted by Gasteiger charge is -2.05. The van der Waals surface area contributed by atoms with Crippen LogP contribution < -0.4 is 4.74 Å². The van der Waals surface area contributed by atoms with Gasteiger partial charge in [0, 0.05) is 12.3 Å². The molecular formula is C12H7ClN2OS. The molecule has 0 aliphatic carbocycles. The maximum Gasteiger partial charge on any atom is 0.148 e. The van der Waals surface area contributed by atoms with E-state index < -0.39 is 0 Å². The van der Waals surface area contributed by atoms with Gasteiger partial charge in [-0.25, -0.2) is 4.98 Å². The van der Waals surface area contributed by atoms with Gasteiger partial charge in [0.2, 0.25) is 0 Å². The van der Waals surface area contributed by atoms with Crippen LogP contribution in [0.4, 0.5) is 0 Å². The number of aromatic nitrogens is 2. The average Bonchev–Trinajstić information content (AvgIpc) is 2.81. The molecule has 5 heteroatoms. The van der Waals surface area contributed by atoms with Crippen molar-refractivity contribution in [3.8, 4) is 11.5 Å². The van der Waals surface area contributed by atoms with Gasteiger partial charge in [-0.1, -0.05) is 11.6 Å². The highest BCUT2D eigenvalue weighted by molar-refractivity contribution is 7.17. The summed E-state index contributed by atoms with van der Waals surface area (Å²) < 4.78 is 6.78. The van der Waals surface area contributed by atoms with Crippen molar-refractivity contribution in [3.63, 3.8) is 0 Å². The van der Waals surface area contributed by atoms with Crippen LogP contribution in [0.1, 0.15) is 0 Å². The maximum absolute atomic E-state index is 5.75. The standard InChI is InChI=1S/C12H7ClN2OS/c13-11-2-1-8(7-15-11)16-10-3-5-14-9-4-6-17-12(9)10/h1-7H. The first-order chi connectivity index (χ1) is 8.33. The number of rotatable bonds is 2. The Morgan fingerprint density at radius 2 is 2.06 bits per heavy atom. The number of pyridine rings is 2. The predicted octanol–water partition coefficient (Wildman–Crippen LogP) is 4.14. The lowest BCUT2D eigenvalue weighted by atomic mass is 10.4. The fourth-order valence-electron chi connectivity index (χ4n) is 1.48. The van der Waals surface area contributed by atoms with Gasteiger partial charge in [0.1, 0.15) is 16.7 Å². The van der Waals surface area contributed by atoms with Crippen LogP contribution in [0.5, 0.6) is 11.5 Å². The van der Waals surface area contributed by atoms with Crippen LogP contribution in [0, 0.1) is 0 Å². The molecule has 0 fully saturated rings. The number of ether oxygens (including phenoxy) is 1. The Bertz CT molecular complexity index is 651. The summed E-state index contributed by atoms with van der Waals surface area (Å²) in [6.45, 7) is 0. The first-order valence-electron chi connectivity index (χ1n) is 4.94. The van der Waals surface area contributed by atoms with E-state index in [0.717, 1.165) is 16.0 Å². The van der Waals surface area contributed by atoms with Crippen molar-refractivity contribution in [2.24, 2.45) is 0 Å². The van der Waals surface area contributed by atoms with Crippen molar-refractivity contribution in [2.75, 3.05) is 0 Å². The predicted molar refractivity (Wildman–Crippen MR) is 68.9 cm³/mol. The molecule has 84 valence electrons. The van der Waals surface area contributed by atoms with Crippen LogP contribution in [-0.2, 0) is 0 Å². The van der Waals surface area contributed by atoms with E-state index in [9.17, 15) is 0 Å². The molecule has 0 unspecified atom stereocenters. The van der Waals surface area contributed by atoms with Crippen molar-refractivity contribution in [3.05, 3.63) is 47.2 Å². The van der Waals surface area contributed by atoms with E-state index in [2.05, 4.69) is 9.97 Å². The number of nitrogens with zero attached hydrogens (tertiary/aromatic N) is 2. The molecule has 3 aromatic heterocycles. The van der Waals surface area contributed by atoms with Gasteiger partial charge in [-0.3, -0.25) is 4.98 Å². The second kappa shape index (κ2) is 4.31. The molecular weight excluding hydrogens is 256 g/mol. The summed E-state index contributed by atoms with van der Waals surface area (Å²) in [4.78, 5) is 8.22. The molecule has 0 spiro atoms. The Kier molecular flexibility index (Phi) is 2.66. The molecule has 0 N–H and O–H groups in total. The average molecular weight is 263 g/mol. The summed E-state index contributed by atoms with van der Waals surface area (Å²) in [6.07, 6.45) is 3.33. The highest BCUT2D eigenvalue weighted by Crippen LogP contribution is 2.32. The van der Waals surface area contributed by atoms with E-state index in [4.69, 9.17) is 16.3 Å². The van der Waals surface area contributed by atoms with Gasteiger partial charge in [0.05, 0.1) is 16.4 Å². The number of hydrogen-bond donors (Lipinski definition) is 0. The molecule has 0 saturated carbocycles. The molecule has 3 nitrogen and oxygen atoms in total. The molecule has 0 radical (unpaired) electrons. The fourth-order valence-corrected chi connectivity index (χ4v) is 2.39. The highest BCUT2D eigenvalue weighted by atomic mass is 35.5. The molecule has 0 aromatic carbocycles. The molecule has 3 rings (SSSR count). The van der Waals surface area contributed by atoms with Gasteiger partial charge in [0.25, 0.3) is 0 Å². The topological polar surface area (TPSA) is 35.0 Å². The lowest BCUT2D eigenvalue weighted by molar-refractivity contribution is 0.486. The molecule has 0 amide bonds. The van der Waals surface area contributed by atoms with Crippen LogP contribution in [0.25, 0.3) is 10.2 Å². The molecule has 3 aromatic rings. The molecule has 0 atom stereocenters. The van der Waals surface area contributed by atoms with Crippen LogP contribution in [0.15, 0.2) is 42.0 Å². The van der Waals surface area contributed by atoms with Crippen molar-refractivity contribution in [1.29, 1.82) is 0 Å². The molecule has 0 aliphatic heterocycles. The van der Waals surface area contributed by atoms with Gasteiger partial charge >= 0.3 is 0 Å². The number of thiophene rings is 1. The second-order valence-corrected chi connectivity index (χ2v) is 4.67. The van der Waals surface area contributed by atoms with Crippen LogP contribution in [-0.4, -0.2) is 9.97 Å². The first-order valence-corrected chi connectivity index (χ1v) is 6.20. The lowest BCUT2D eigenvalue weighted by Crippen LogP contribution is -1.86. The highest BCUT2D eigenvalue weighted by Gasteiger charge is 2.05. The zero-order valence-electron chi connectivity index (χ0n) is 8.63. The van der Waals surface area contributed by atoms with Gasteiger partial charge in [0.15, 0.2) is 0 Å². The largest absolute Gasteiger partial charge is 0.454 e. The molecule has 0 bridgehead atoms. The van der Waals surface area contributed by atoms with E-state index in [1.807, 2.05) is 17.5 Å². The summed E-state index contributed by atoms with van der Waals surface area (Å²) in [5.74, 6) is 1.45. The molecule has 0 saturated heterocycles.